The van der Waals surface area contributed by atoms with E-state index in [1.165, 1.54) is 0 Å². The first-order chi connectivity index (χ1) is 11.0. The smallest absolute Gasteiger partial charge is 0.311 e. The Balaban J connectivity index is 1.74. The van der Waals surface area contributed by atoms with E-state index in [4.69, 9.17) is 9.47 Å². The highest BCUT2D eigenvalue weighted by molar-refractivity contribution is 5.82. The van der Waals surface area contributed by atoms with Gasteiger partial charge in [-0.1, -0.05) is 19.3 Å². The molecule has 6 nitrogen and oxygen atoms in total. The quantitative estimate of drug-likeness (QED) is 0.748. The second-order valence-electron chi connectivity index (χ2n) is 6.83. The van der Waals surface area contributed by atoms with E-state index in [-0.39, 0.29) is 18.6 Å². The fourth-order valence-electron chi connectivity index (χ4n) is 3.36. The van der Waals surface area contributed by atoms with E-state index in [1.807, 2.05) is 0 Å². The molecule has 132 valence electrons. The maximum absolute atomic E-state index is 12.2. The van der Waals surface area contributed by atoms with Gasteiger partial charge >= 0.3 is 5.97 Å². The average Bonchev–Trinajstić information content (AvgIpc) is 2.59. The van der Waals surface area contributed by atoms with Gasteiger partial charge in [-0.25, -0.2) is 0 Å². The Morgan fingerprint density at radius 3 is 2.61 bits per heavy atom. The lowest BCUT2D eigenvalue weighted by atomic mass is 9.74. The van der Waals surface area contributed by atoms with Crippen LogP contribution in [0, 0.1) is 5.41 Å². The van der Waals surface area contributed by atoms with E-state index in [1.54, 1.807) is 6.92 Å². The van der Waals surface area contributed by atoms with Gasteiger partial charge in [0.1, 0.15) is 6.10 Å². The van der Waals surface area contributed by atoms with Gasteiger partial charge in [-0.2, -0.15) is 0 Å². The molecule has 0 aromatic heterocycles. The van der Waals surface area contributed by atoms with Crippen molar-refractivity contribution in [1.29, 1.82) is 0 Å². The lowest BCUT2D eigenvalue weighted by Gasteiger charge is -2.33. The van der Waals surface area contributed by atoms with E-state index in [0.29, 0.717) is 19.4 Å². The van der Waals surface area contributed by atoms with Crippen LogP contribution in [0.25, 0.3) is 0 Å². The summed E-state index contributed by atoms with van der Waals surface area (Å²) >= 11 is 0. The molecule has 0 radical (unpaired) electrons. The molecule has 23 heavy (non-hydrogen) atoms. The van der Waals surface area contributed by atoms with Crippen molar-refractivity contribution < 1.29 is 24.2 Å². The SMILES string of the molecule is CC(OCC1CCCCO1)C(=O)NCC1(C(=O)O)CCCCC1. The summed E-state index contributed by atoms with van der Waals surface area (Å²) in [7, 11) is 0. The van der Waals surface area contributed by atoms with Crippen molar-refractivity contribution in [3.8, 4) is 0 Å². The van der Waals surface area contributed by atoms with Gasteiger partial charge in [-0.05, 0) is 39.0 Å². The molecular formula is C17H29NO5. The summed E-state index contributed by atoms with van der Waals surface area (Å²) in [5, 5.41) is 12.3. The Morgan fingerprint density at radius 1 is 1.26 bits per heavy atom. The first-order valence-corrected chi connectivity index (χ1v) is 8.78. The number of carboxylic acids is 1. The highest BCUT2D eigenvalue weighted by atomic mass is 16.5. The van der Waals surface area contributed by atoms with E-state index in [9.17, 15) is 14.7 Å². The number of hydrogen-bond donors (Lipinski definition) is 2. The summed E-state index contributed by atoms with van der Waals surface area (Å²) in [4.78, 5) is 23.7. The predicted octanol–water partition coefficient (Wildman–Crippen LogP) is 2.11. The van der Waals surface area contributed by atoms with Gasteiger partial charge < -0.3 is 19.9 Å². The number of amides is 1. The van der Waals surface area contributed by atoms with Crippen molar-refractivity contribution in [1.82, 2.24) is 5.32 Å². The Labute approximate surface area is 137 Å². The van der Waals surface area contributed by atoms with Gasteiger partial charge in [0.05, 0.1) is 18.1 Å². The fraction of sp³-hybridized carbons (Fsp3) is 0.882. The molecule has 2 aliphatic rings. The molecule has 2 N–H and O–H groups in total. The second-order valence-corrected chi connectivity index (χ2v) is 6.83. The second kappa shape index (κ2) is 8.64. The molecule has 1 aliphatic carbocycles. The zero-order chi connectivity index (χ0) is 16.7. The average molecular weight is 327 g/mol. The molecule has 0 bridgehead atoms. The standard InChI is InChI=1S/C17H29NO5/c1-13(23-11-14-7-3-6-10-22-14)15(19)18-12-17(16(20)21)8-4-2-5-9-17/h13-14H,2-12H2,1H3,(H,18,19)(H,20,21). The van der Waals surface area contributed by atoms with Crippen LogP contribution >= 0.6 is 0 Å². The van der Waals surface area contributed by atoms with Crippen LogP contribution in [0.3, 0.4) is 0 Å². The number of carboxylic acid groups (broad SMARTS) is 1. The number of hydrogen-bond acceptors (Lipinski definition) is 4. The molecule has 0 aromatic carbocycles. The number of rotatable bonds is 7. The van der Waals surface area contributed by atoms with Crippen LogP contribution in [0.1, 0.15) is 58.3 Å². The van der Waals surface area contributed by atoms with Gasteiger partial charge in [-0.15, -0.1) is 0 Å². The van der Waals surface area contributed by atoms with Crippen LogP contribution in [0.2, 0.25) is 0 Å². The van der Waals surface area contributed by atoms with Crippen molar-refractivity contribution in [2.45, 2.75) is 70.5 Å². The molecule has 6 heteroatoms. The molecule has 1 saturated heterocycles. The monoisotopic (exact) mass is 327 g/mol. The molecule has 0 aromatic rings. The van der Waals surface area contributed by atoms with E-state index < -0.39 is 17.5 Å². The number of ether oxygens (including phenoxy) is 2. The first kappa shape index (κ1) is 18.2. The molecule has 2 atom stereocenters. The minimum atomic E-state index is -0.805. The van der Waals surface area contributed by atoms with Gasteiger partial charge in [0.25, 0.3) is 0 Å². The lowest BCUT2D eigenvalue weighted by molar-refractivity contribution is -0.151. The van der Waals surface area contributed by atoms with Gasteiger partial charge in [0, 0.05) is 13.2 Å². The van der Waals surface area contributed by atoms with Crippen LogP contribution < -0.4 is 5.32 Å². The van der Waals surface area contributed by atoms with Crippen LogP contribution in [0.15, 0.2) is 0 Å². The molecule has 1 heterocycles. The van der Waals surface area contributed by atoms with Crippen molar-refractivity contribution in [3.63, 3.8) is 0 Å². The summed E-state index contributed by atoms with van der Waals surface area (Å²) in [5.74, 6) is -1.05. The molecule has 1 aliphatic heterocycles. The lowest BCUT2D eigenvalue weighted by Crippen LogP contribution is -2.47. The Morgan fingerprint density at radius 2 is 2.00 bits per heavy atom. The zero-order valence-corrected chi connectivity index (χ0v) is 14.0. The Kier molecular flexibility index (Phi) is 6.84. The third-order valence-corrected chi connectivity index (χ3v) is 5.04. The van der Waals surface area contributed by atoms with Crippen LogP contribution in [-0.2, 0) is 19.1 Å². The number of nitrogens with one attached hydrogen (secondary N) is 1. The van der Waals surface area contributed by atoms with Crippen molar-refractivity contribution in [2.75, 3.05) is 19.8 Å². The maximum Gasteiger partial charge on any atom is 0.311 e. The first-order valence-electron chi connectivity index (χ1n) is 8.78. The van der Waals surface area contributed by atoms with Gasteiger partial charge in [0.15, 0.2) is 0 Å². The summed E-state index contributed by atoms with van der Waals surface area (Å²) in [5.41, 5.74) is -0.805. The zero-order valence-electron chi connectivity index (χ0n) is 14.0. The fourth-order valence-corrected chi connectivity index (χ4v) is 3.36. The van der Waals surface area contributed by atoms with Crippen molar-refractivity contribution in [3.05, 3.63) is 0 Å². The summed E-state index contributed by atoms with van der Waals surface area (Å²) < 4.78 is 11.2. The van der Waals surface area contributed by atoms with Gasteiger partial charge in [-0.3, -0.25) is 9.59 Å². The molecule has 2 unspecified atom stereocenters. The predicted molar refractivity (Wildman–Crippen MR) is 85.2 cm³/mol. The van der Waals surface area contributed by atoms with E-state index in [0.717, 1.165) is 45.1 Å². The van der Waals surface area contributed by atoms with Crippen LogP contribution in [0.4, 0.5) is 0 Å². The van der Waals surface area contributed by atoms with Gasteiger partial charge in [0.2, 0.25) is 5.91 Å². The highest BCUT2D eigenvalue weighted by Gasteiger charge is 2.40. The Hall–Kier alpha value is -1.14. The van der Waals surface area contributed by atoms with E-state index in [2.05, 4.69) is 5.32 Å². The minimum Gasteiger partial charge on any atom is -0.481 e. The molecule has 1 amide bonds. The minimum absolute atomic E-state index is 0.0720. The van der Waals surface area contributed by atoms with Crippen molar-refractivity contribution in [2.24, 2.45) is 5.41 Å². The van der Waals surface area contributed by atoms with Crippen LogP contribution in [0.5, 0.6) is 0 Å². The van der Waals surface area contributed by atoms with Crippen LogP contribution in [-0.4, -0.2) is 48.9 Å². The van der Waals surface area contributed by atoms with Crippen molar-refractivity contribution >= 4 is 11.9 Å². The number of carbonyl (C=O) groups is 2. The third-order valence-electron chi connectivity index (χ3n) is 5.04. The third kappa shape index (κ3) is 5.18. The molecule has 2 fully saturated rings. The Bertz CT molecular complexity index is 400. The molecule has 2 rings (SSSR count). The molecule has 0 spiro atoms. The largest absolute Gasteiger partial charge is 0.481 e. The number of aliphatic carboxylic acids is 1. The summed E-state index contributed by atoms with van der Waals surface area (Å²) in [6, 6.07) is 0. The number of carbonyl (C=O) groups excluding carboxylic acids is 1. The normalized spacial score (nSPS) is 25.5. The molecular weight excluding hydrogens is 298 g/mol. The summed E-state index contributed by atoms with van der Waals surface area (Å²) in [6.07, 6.45) is 6.83. The maximum atomic E-state index is 12.2. The van der Waals surface area contributed by atoms with E-state index >= 15 is 0 Å². The topological polar surface area (TPSA) is 84.9 Å². The highest BCUT2D eigenvalue weighted by Crippen LogP contribution is 2.36. The molecule has 1 saturated carbocycles. The summed E-state index contributed by atoms with van der Waals surface area (Å²) in [6.45, 7) is 3.07.